The van der Waals surface area contributed by atoms with Crippen molar-refractivity contribution in [2.24, 2.45) is 0 Å². The Labute approximate surface area is 111 Å². The van der Waals surface area contributed by atoms with Gasteiger partial charge in [0.1, 0.15) is 0 Å². The van der Waals surface area contributed by atoms with Gasteiger partial charge < -0.3 is 10.2 Å². The lowest BCUT2D eigenvalue weighted by Gasteiger charge is -2.01. The van der Waals surface area contributed by atoms with E-state index in [1.54, 1.807) is 0 Å². The first kappa shape index (κ1) is 11.5. The molecule has 3 heteroatoms. The largest absolute Gasteiger partial charge is 0.423 e. The van der Waals surface area contributed by atoms with Gasteiger partial charge in [-0.3, -0.25) is 0 Å². The number of rotatable bonds is 3. The summed E-state index contributed by atoms with van der Waals surface area (Å²) in [6.45, 7) is 0. The normalized spacial score (nSPS) is 10.5. The Morgan fingerprint density at radius 3 is 2.21 bits per heavy atom. The fraction of sp³-hybridized carbons (Fsp3) is 0.0625. The monoisotopic (exact) mass is 250 g/mol. The van der Waals surface area contributed by atoms with Gasteiger partial charge in [0.25, 0.3) is 6.01 Å². The molecule has 0 saturated heterocycles. The summed E-state index contributed by atoms with van der Waals surface area (Å²) in [4.78, 5) is 4.29. The molecule has 94 valence electrons. The second-order valence-corrected chi connectivity index (χ2v) is 4.36. The van der Waals surface area contributed by atoms with Crippen LogP contribution in [0.3, 0.4) is 0 Å². The van der Waals surface area contributed by atoms with Crippen LogP contribution in [0.1, 0.15) is 11.3 Å². The summed E-state index contributed by atoms with van der Waals surface area (Å²) >= 11 is 0. The Morgan fingerprint density at radius 2 is 1.53 bits per heavy atom. The standard InChI is InChI=1S/C16H14N2O/c17-16-18-14(11-12-7-3-1-4-8-12)15(19-16)13-9-5-2-6-10-13/h1-10H,11H2,(H2,17,18). The maximum Gasteiger partial charge on any atom is 0.292 e. The van der Waals surface area contributed by atoms with E-state index in [0.717, 1.165) is 17.0 Å². The van der Waals surface area contributed by atoms with Crippen LogP contribution in [0.4, 0.5) is 6.01 Å². The molecule has 0 aliphatic rings. The van der Waals surface area contributed by atoms with Crippen LogP contribution in [0.25, 0.3) is 11.3 Å². The molecule has 1 heterocycles. The molecule has 3 nitrogen and oxygen atoms in total. The quantitative estimate of drug-likeness (QED) is 0.773. The molecule has 0 aliphatic carbocycles. The Balaban J connectivity index is 1.99. The summed E-state index contributed by atoms with van der Waals surface area (Å²) in [7, 11) is 0. The van der Waals surface area contributed by atoms with Gasteiger partial charge in [-0.1, -0.05) is 60.7 Å². The van der Waals surface area contributed by atoms with Gasteiger partial charge >= 0.3 is 0 Å². The summed E-state index contributed by atoms with van der Waals surface area (Å²) in [6, 6.07) is 20.3. The smallest absolute Gasteiger partial charge is 0.292 e. The third-order valence-electron chi connectivity index (χ3n) is 2.96. The summed E-state index contributed by atoms with van der Waals surface area (Å²) in [5.41, 5.74) is 8.75. The van der Waals surface area contributed by atoms with E-state index in [-0.39, 0.29) is 6.01 Å². The van der Waals surface area contributed by atoms with E-state index in [0.29, 0.717) is 6.42 Å². The number of oxazole rings is 1. The third-order valence-corrected chi connectivity index (χ3v) is 2.96. The van der Waals surface area contributed by atoms with Crippen LogP contribution in [0.15, 0.2) is 65.1 Å². The lowest BCUT2D eigenvalue weighted by Crippen LogP contribution is -1.91. The van der Waals surface area contributed by atoms with E-state index in [4.69, 9.17) is 10.2 Å². The number of anilines is 1. The highest BCUT2D eigenvalue weighted by Crippen LogP contribution is 2.27. The Bertz CT molecular complexity index is 660. The van der Waals surface area contributed by atoms with E-state index < -0.39 is 0 Å². The zero-order valence-electron chi connectivity index (χ0n) is 10.4. The van der Waals surface area contributed by atoms with Gasteiger partial charge in [-0.15, -0.1) is 0 Å². The highest BCUT2D eigenvalue weighted by atomic mass is 16.4. The number of nitrogens with zero attached hydrogens (tertiary/aromatic N) is 1. The zero-order chi connectivity index (χ0) is 13.1. The molecule has 1 aromatic heterocycles. The molecule has 0 bridgehead atoms. The minimum Gasteiger partial charge on any atom is -0.423 e. The maximum absolute atomic E-state index is 5.69. The highest BCUT2D eigenvalue weighted by Gasteiger charge is 2.13. The van der Waals surface area contributed by atoms with Crippen molar-refractivity contribution in [2.45, 2.75) is 6.42 Å². The molecule has 3 rings (SSSR count). The van der Waals surface area contributed by atoms with E-state index in [2.05, 4.69) is 17.1 Å². The summed E-state index contributed by atoms with van der Waals surface area (Å²) in [5, 5.41) is 0. The van der Waals surface area contributed by atoms with Crippen molar-refractivity contribution in [1.82, 2.24) is 4.98 Å². The van der Waals surface area contributed by atoms with Crippen LogP contribution >= 0.6 is 0 Å². The molecule has 0 unspecified atom stereocenters. The van der Waals surface area contributed by atoms with Crippen LogP contribution in [-0.2, 0) is 6.42 Å². The first-order valence-electron chi connectivity index (χ1n) is 6.17. The molecule has 2 N–H and O–H groups in total. The molecule has 0 fully saturated rings. The molecule has 2 aromatic carbocycles. The lowest BCUT2D eigenvalue weighted by atomic mass is 10.1. The van der Waals surface area contributed by atoms with Crippen LogP contribution in [0, 0.1) is 0 Å². The predicted octanol–water partition coefficient (Wildman–Crippen LogP) is 3.51. The number of benzene rings is 2. The Kier molecular flexibility index (Phi) is 3.02. The molecule has 0 aliphatic heterocycles. The second-order valence-electron chi connectivity index (χ2n) is 4.36. The van der Waals surface area contributed by atoms with Crippen molar-refractivity contribution in [3.8, 4) is 11.3 Å². The molecule has 0 radical (unpaired) electrons. The van der Waals surface area contributed by atoms with Gasteiger partial charge in [0.15, 0.2) is 5.76 Å². The fourth-order valence-electron chi connectivity index (χ4n) is 2.09. The number of hydrogen-bond acceptors (Lipinski definition) is 3. The zero-order valence-corrected chi connectivity index (χ0v) is 10.4. The topological polar surface area (TPSA) is 52.0 Å². The molecule has 0 amide bonds. The summed E-state index contributed by atoms with van der Waals surface area (Å²) < 4.78 is 5.54. The molecular weight excluding hydrogens is 236 g/mol. The van der Waals surface area contributed by atoms with Gasteiger partial charge in [0.2, 0.25) is 0 Å². The van der Waals surface area contributed by atoms with E-state index in [1.807, 2.05) is 48.5 Å². The molecule has 0 saturated carbocycles. The molecular formula is C16H14N2O. The fourth-order valence-corrected chi connectivity index (χ4v) is 2.09. The van der Waals surface area contributed by atoms with Crippen LogP contribution < -0.4 is 5.73 Å². The van der Waals surface area contributed by atoms with Crippen molar-refractivity contribution < 1.29 is 4.42 Å². The van der Waals surface area contributed by atoms with Gasteiger partial charge in [-0.05, 0) is 5.56 Å². The average Bonchev–Trinajstić information content (AvgIpc) is 2.82. The predicted molar refractivity (Wildman–Crippen MR) is 75.6 cm³/mol. The number of aromatic nitrogens is 1. The minimum absolute atomic E-state index is 0.213. The molecule has 0 atom stereocenters. The van der Waals surface area contributed by atoms with Crippen molar-refractivity contribution in [3.05, 3.63) is 71.9 Å². The average molecular weight is 250 g/mol. The Hall–Kier alpha value is -2.55. The SMILES string of the molecule is Nc1nc(Cc2ccccc2)c(-c2ccccc2)o1. The number of nitrogen functional groups attached to an aromatic ring is 1. The van der Waals surface area contributed by atoms with Gasteiger partial charge in [0.05, 0.1) is 5.69 Å². The third kappa shape index (κ3) is 2.50. The molecule has 19 heavy (non-hydrogen) atoms. The van der Waals surface area contributed by atoms with Gasteiger partial charge in [-0.25, -0.2) is 0 Å². The maximum atomic E-state index is 5.69. The summed E-state index contributed by atoms with van der Waals surface area (Å²) in [5.74, 6) is 0.752. The van der Waals surface area contributed by atoms with Crippen molar-refractivity contribution in [2.75, 3.05) is 5.73 Å². The van der Waals surface area contributed by atoms with Crippen LogP contribution in [0.2, 0.25) is 0 Å². The van der Waals surface area contributed by atoms with Crippen molar-refractivity contribution in [3.63, 3.8) is 0 Å². The first-order valence-corrected chi connectivity index (χ1v) is 6.17. The van der Waals surface area contributed by atoms with Gasteiger partial charge in [-0.2, -0.15) is 4.98 Å². The number of nitrogens with two attached hydrogens (primary N) is 1. The van der Waals surface area contributed by atoms with Crippen LogP contribution in [-0.4, -0.2) is 4.98 Å². The molecule has 0 spiro atoms. The van der Waals surface area contributed by atoms with E-state index in [9.17, 15) is 0 Å². The highest BCUT2D eigenvalue weighted by molar-refractivity contribution is 5.61. The van der Waals surface area contributed by atoms with Crippen LogP contribution in [0.5, 0.6) is 0 Å². The lowest BCUT2D eigenvalue weighted by molar-refractivity contribution is 0.593. The van der Waals surface area contributed by atoms with Gasteiger partial charge in [0, 0.05) is 12.0 Å². The molecule has 3 aromatic rings. The number of hydrogen-bond donors (Lipinski definition) is 1. The van der Waals surface area contributed by atoms with E-state index >= 15 is 0 Å². The Morgan fingerprint density at radius 1 is 0.895 bits per heavy atom. The second kappa shape index (κ2) is 4.98. The van der Waals surface area contributed by atoms with E-state index in [1.165, 1.54) is 5.56 Å². The summed E-state index contributed by atoms with van der Waals surface area (Å²) in [6.07, 6.45) is 0.714. The van der Waals surface area contributed by atoms with Crippen molar-refractivity contribution >= 4 is 6.01 Å². The van der Waals surface area contributed by atoms with Crippen molar-refractivity contribution in [1.29, 1.82) is 0 Å². The first-order chi connectivity index (χ1) is 9.33. The minimum atomic E-state index is 0.213.